The predicted molar refractivity (Wildman–Crippen MR) is 87.1 cm³/mol. The van der Waals surface area contributed by atoms with E-state index in [9.17, 15) is 9.18 Å². The zero-order valence-electron chi connectivity index (χ0n) is 12.8. The molecule has 23 heavy (non-hydrogen) atoms. The zero-order valence-corrected chi connectivity index (χ0v) is 13.5. The summed E-state index contributed by atoms with van der Waals surface area (Å²) in [6.07, 6.45) is 0.628. The van der Waals surface area contributed by atoms with Crippen LogP contribution in [0.2, 0.25) is 5.02 Å². The van der Waals surface area contributed by atoms with Crippen molar-refractivity contribution in [1.82, 2.24) is 4.90 Å². The van der Waals surface area contributed by atoms with E-state index in [1.807, 2.05) is 18.2 Å². The van der Waals surface area contributed by atoms with Crippen molar-refractivity contribution in [2.24, 2.45) is 0 Å². The molecule has 3 nitrogen and oxygen atoms in total. The average molecular weight is 334 g/mol. The smallest absolute Gasteiger partial charge is 0.258 e. The first-order valence-electron chi connectivity index (χ1n) is 7.44. The fraction of sp³-hybridized carbons (Fsp3) is 0.278. The number of halogens is 2. The number of carbonyl (C=O) groups excluding carboxylic acids is 1. The lowest BCUT2D eigenvalue weighted by molar-refractivity contribution is 0.00975. The topological polar surface area (TPSA) is 29.5 Å². The van der Waals surface area contributed by atoms with Gasteiger partial charge in [0, 0.05) is 20.0 Å². The molecule has 2 aromatic carbocycles. The molecule has 0 spiro atoms. The van der Waals surface area contributed by atoms with Crippen molar-refractivity contribution >= 4 is 17.5 Å². The van der Waals surface area contributed by atoms with Gasteiger partial charge in [-0.05, 0) is 23.3 Å². The largest absolute Gasteiger partial charge is 0.371 e. The molecule has 1 aliphatic heterocycles. The molecule has 1 heterocycles. The van der Waals surface area contributed by atoms with Gasteiger partial charge in [-0.25, -0.2) is 4.39 Å². The van der Waals surface area contributed by atoms with Gasteiger partial charge in [0.15, 0.2) is 0 Å². The average Bonchev–Trinajstić information content (AvgIpc) is 2.54. The Labute approximate surface area is 139 Å². The summed E-state index contributed by atoms with van der Waals surface area (Å²) in [5.41, 5.74) is 2.32. The van der Waals surface area contributed by atoms with Gasteiger partial charge in [-0.2, -0.15) is 0 Å². The lowest BCUT2D eigenvalue weighted by Gasteiger charge is -2.29. The molecule has 0 fully saturated rings. The first-order chi connectivity index (χ1) is 11.1. The van der Waals surface area contributed by atoms with Crippen LogP contribution in [0.1, 0.15) is 21.5 Å². The van der Waals surface area contributed by atoms with Crippen LogP contribution in [0.3, 0.4) is 0 Å². The minimum Gasteiger partial charge on any atom is -0.371 e. The van der Waals surface area contributed by atoms with E-state index in [2.05, 4.69) is 6.07 Å². The molecule has 120 valence electrons. The number of ether oxygens (including phenoxy) is 1. The third-order valence-corrected chi connectivity index (χ3v) is 4.36. The summed E-state index contributed by atoms with van der Waals surface area (Å²) in [6, 6.07) is 12.3. The van der Waals surface area contributed by atoms with Gasteiger partial charge in [0.05, 0.1) is 23.3 Å². The van der Waals surface area contributed by atoms with Gasteiger partial charge in [-0.3, -0.25) is 4.79 Å². The number of rotatable bonds is 3. The second-order valence-corrected chi connectivity index (χ2v) is 6.10. The number of benzene rings is 2. The van der Waals surface area contributed by atoms with Crippen LogP contribution in [0.15, 0.2) is 42.5 Å². The molecule has 5 heteroatoms. The SMILES string of the molecule is CN(CC1Cc2ccccc2CO1)C(=O)c1c(F)cccc1Cl. The molecule has 0 saturated carbocycles. The fourth-order valence-corrected chi connectivity index (χ4v) is 3.05. The van der Waals surface area contributed by atoms with Crippen molar-refractivity contribution in [3.8, 4) is 0 Å². The van der Waals surface area contributed by atoms with Crippen LogP contribution in [-0.2, 0) is 17.8 Å². The number of hydrogen-bond acceptors (Lipinski definition) is 2. The van der Waals surface area contributed by atoms with Crippen LogP contribution in [0.5, 0.6) is 0 Å². The second-order valence-electron chi connectivity index (χ2n) is 5.69. The number of hydrogen-bond donors (Lipinski definition) is 0. The normalized spacial score (nSPS) is 16.7. The minimum atomic E-state index is -0.607. The molecule has 1 aliphatic rings. The molecule has 3 rings (SSSR count). The van der Waals surface area contributed by atoms with Gasteiger partial charge in [-0.1, -0.05) is 41.9 Å². The molecule has 0 aliphatic carbocycles. The van der Waals surface area contributed by atoms with Crippen molar-refractivity contribution in [2.45, 2.75) is 19.1 Å². The second kappa shape index (κ2) is 6.69. The quantitative estimate of drug-likeness (QED) is 0.857. The molecule has 0 bridgehead atoms. The Bertz CT molecular complexity index is 714. The Hall–Kier alpha value is -1.91. The van der Waals surface area contributed by atoms with Crippen LogP contribution < -0.4 is 0 Å². The Morgan fingerprint density at radius 3 is 2.74 bits per heavy atom. The fourth-order valence-electron chi connectivity index (χ4n) is 2.81. The first-order valence-corrected chi connectivity index (χ1v) is 7.82. The molecule has 0 aromatic heterocycles. The molecule has 1 atom stereocenters. The van der Waals surface area contributed by atoms with Gasteiger partial charge in [0.2, 0.25) is 0 Å². The molecular formula is C18H17ClFNO2. The molecule has 2 aromatic rings. The summed E-state index contributed by atoms with van der Waals surface area (Å²) in [6.45, 7) is 0.918. The van der Waals surface area contributed by atoms with E-state index in [1.54, 1.807) is 7.05 Å². The minimum absolute atomic E-state index is 0.0899. The summed E-state index contributed by atoms with van der Waals surface area (Å²) < 4.78 is 19.7. The van der Waals surface area contributed by atoms with Crippen LogP contribution in [0.4, 0.5) is 4.39 Å². The maximum atomic E-state index is 13.9. The predicted octanol–water partition coefficient (Wildman–Crippen LogP) is 3.69. The van der Waals surface area contributed by atoms with Crippen molar-refractivity contribution in [3.63, 3.8) is 0 Å². The van der Waals surface area contributed by atoms with Gasteiger partial charge in [0.1, 0.15) is 5.82 Å². The van der Waals surface area contributed by atoms with Gasteiger partial charge >= 0.3 is 0 Å². The Morgan fingerprint density at radius 1 is 1.26 bits per heavy atom. The van der Waals surface area contributed by atoms with E-state index in [0.29, 0.717) is 13.2 Å². The third kappa shape index (κ3) is 3.38. The van der Waals surface area contributed by atoms with E-state index in [4.69, 9.17) is 16.3 Å². The van der Waals surface area contributed by atoms with Crippen LogP contribution >= 0.6 is 11.6 Å². The molecule has 0 radical (unpaired) electrons. The maximum Gasteiger partial charge on any atom is 0.258 e. The van der Waals surface area contributed by atoms with Gasteiger partial charge in [-0.15, -0.1) is 0 Å². The number of amides is 1. The van der Waals surface area contributed by atoms with E-state index < -0.39 is 11.7 Å². The Morgan fingerprint density at radius 2 is 2.00 bits per heavy atom. The highest BCUT2D eigenvalue weighted by atomic mass is 35.5. The lowest BCUT2D eigenvalue weighted by Crippen LogP contribution is -2.38. The van der Waals surface area contributed by atoms with Crippen molar-refractivity contribution in [3.05, 3.63) is 70.0 Å². The molecular weight excluding hydrogens is 317 g/mol. The van der Waals surface area contributed by atoms with E-state index in [-0.39, 0.29) is 16.7 Å². The molecule has 1 unspecified atom stereocenters. The first kappa shape index (κ1) is 16.0. The van der Waals surface area contributed by atoms with E-state index in [1.165, 1.54) is 34.2 Å². The Kier molecular flexibility index (Phi) is 4.64. The number of fused-ring (bicyclic) bond motifs is 1. The maximum absolute atomic E-state index is 13.9. The van der Waals surface area contributed by atoms with Crippen molar-refractivity contribution in [1.29, 1.82) is 0 Å². The number of nitrogens with zero attached hydrogens (tertiary/aromatic N) is 1. The van der Waals surface area contributed by atoms with E-state index in [0.717, 1.165) is 6.42 Å². The number of carbonyl (C=O) groups is 1. The summed E-state index contributed by atoms with van der Waals surface area (Å²) >= 11 is 5.96. The monoisotopic (exact) mass is 333 g/mol. The van der Waals surface area contributed by atoms with Crippen LogP contribution in [0, 0.1) is 5.82 Å². The summed E-state index contributed by atoms with van der Waals surface area (Å²) in [4.78, 5) is 13.9. The van der Waals surface area contributed by atoms with Crippen LogP contribution in [0.25, 0.3) is 0 Å². The summed E-state index contributed by atoms with van der Waals surface area (Å²) in [5, 5.41) is 0.122. The molecule has 0 N–H and O–H groups in total. The summed E-state index contributed by atoms with van der Waals surface area (Å²) in [7, 11) is 1.63. The van der Waals surface area contributed by atoms with Crippen LogP contribution in [-0.4, -0.2) is 30.5 Å². The van der Waals surface area contributed by atoms with Gasteiger partial charge in [0.25, 0.3) is 5.91 Å². The lowest BCUT2D eigenvalue weighted by atomic mass is 9.99. The third-order valence-electron chi connectivity index (χ3n) is 4.04. The highest BCUT2D eigenvalue weighted by Crippen LogP contribution is 2.23. The van der Waals surface area contributed by atoms with E-state index >= 15 is 0 Å². The highest BCUT2D eigenvalue weighted by Gasteiger charge is 2.25. The molecule has 1 amide bonds. The Balaban J connectivity index is 1.70. The zero-order chi connectivity index (χ0) is 16.4. The van der Waals surface area contributed by atoms with Crippen molar-refractivity contribution in [2.75, 3.05) is 13.6 Å². The highest BCUT2D eigenvalue weighted by molar-refractivity contribution is 6.33. The molecule has 0 saturated heterocycles. The van der Waals surface area contributed by atoms with Crippen molar-refractivity contribution < 1.29 is 13.9 Å². The standard InChI is InChI=1S/C18H17ClFNO2/c1-21(18(22)17-15(19)7-4-8-16(17)20)10-14-9-12-5-2-3-6-13(12)11-23-14/h2-8,14H,9-11H2,1H3. The summed E-state index contributed by atoms with van der Waals surface area (Å²) in [5.74, 6) is -1.04. The van der Waals surface area contributed by atoms with Gasteiger partial charge < -0.3 is 9.64 Å². The number of likely N-dealkylation sites (N-methyl/N-ethyl adjacent to an activating group) is 1.